The Kier molecular flexibility index (Phi) is 3.47. The molecule has 0 amide bonds. The normalized spacial score (nSPS) is 20.1. The lowest BCUT2D eigenvalue weighted by Crippen LogP contribution is -2.19. The SMILES string of the molecule is CC1CCN(c2ccccc2/C=C/C(=O)O)C1. The number of benzene rings is 1. The third-order valence-corrected chi connectivity index (χ3v) is 3.11. The number of carboxylic acid groups (broad SMARTS) is 1. The van der Waals surface area contributed by atoms with Crippen molar-refractivity contribution < 1.29 is 9.90 Å². The van der Waals surface area contributed by atoms with Gasteiger partial charge in [-0.1, -0.05) is 25.1 Å². The second-order valence-electron chi connectivity index (χ2n) is 4.57. The van der Waals surface area contributed by atoms with Crippen LogP contribution in [0.25, 0.3) is 6.08 Å². The number of para-hydroxylation sites is 1. The summed E-state index contributed by atoms with van der Waals surface area (Å²) in [4.78, 5) is 12.9. The molecule has 1 N–H and O–H groups in total. The van der Waals surface area contributed by atoms with Crippen molar-refractivity contribution in [1.82, 2.24) is 0 Å². The van der Waals surface area contributed by atoms with Crippen molar-refractivity contribution in [2.24, 2.45) is 5.92 Å². The molecule has 1 atom stereocenters. The molecule has 0 aliphatic carbocycles. The lowest BCUT2D eigenvalue weighted by Gasteiger charge is -2.20. The summed E-state index contributed by atoms with van der Waals surface area (Å²) < 4.78 is 0. The van der Waals surface area contributed by atoms with Crippen LogP contribution in [0.1, 0.15) is 18.9 Å². The second-order valence-corrected chi connectivity index (χ2v) is 4.57. The Balaban J connectivity index is 2.24. The topological polar surface area (TPSA) is 40.5 Å². The van der Waals surface area contributed by atoms with Crippen LogP contribution in [0.3, 0.4) is 0 Å². The summed E-state index contributed by atoms with van der Waals surface area (Å²) in [6.45, 7) is 4.35. The highest BCUT2D eigenvalue weighted by Crippen LogP contribution is 2.27. The number of anilines is 1. The molecule has 3 heteroatoms. The molecule has 1 aromatic rings. The van der Waals surface area contributed by atoms with Crippen molar-refractivity contribution in [2.45, 2.75) is 13.3 Å². The number of hydrogen-bond donors (Lipinski definition) is 1. The number of rotatable bonds is 3. The van der Waals surface area contributed by atoms with Crippen LogP contribution in [-0.4, -0.2) is 24.2 Å². The van der Waals surface area contributed by atoms with E-state index in [0.717, 1.165) is 24.3 Å². The second kappa shape index (κ2) is 5.04. The minimum absolute atomic E-state index is 0.714. The molecule has 1 heterocycles. The molecule has 0 spiro atoms. The van der Waals surface area contributed by atoms with E-state index >= 15 is 0 Å². The highest BCUT2D eigenvalue weighted by molar-refractivity contribution is 5.87. The maximum atomic E-state index is 10.6. The van der Waals surface area contributed by atoms with Gasteiger partial charge in [-0.2, -0.15) is 0 Å². The van der Waals surface area contributed by atoms with E-state index < -0.39 is 5.97 Å². The van der Waals surface area contributed by atoms with Crippen molar-refractivity contribution in [3.05, 3.63) is 35.9 Å². The summed E-state index contributed by atoms with van der Waals surface area (Å²) in [5, 5.41) is 8.67. The zero-order chi connectivity index (χ0) is 12.3. The van der Waals surface area contributed by atoms with Gasteiger partial charge in [-0.3, -0.25) is 0 Å². The summed E-state index contributed by atoms with van der Waals surface area (Å²) >= 11 is 0. The molecule has 90 valence electrons. The quantitative estimate of drug-likeness (QED) is 0.813. The van der Waals surface area contributed by atoms with Crippen molar-refractivity contribution >= 4 is 17.7 Å². The third kappa shape index (κ3) is 2.87. The number of carbonyl (C=O) groups is 1. The van der Waals surface area contributed by atoms with Gasteiger partial charge in [0.25, 0.3) is 0 Å². The van der Waals surface area contributed by atoms with Crippen LogP contribution in [0, 0.1) is 5.92 Å². The molecule has 17 heavy (non-hydrogen) atoms. The summed E-state index contributed by atoms with van der Waals surface area (Å²) in [5.41, 5.74) is 2.11. The van der Waals surface area contributed by atoms with Crippen LogP contribution in [0.15, 0.2) is 30.3 Å². The van der Waals surface area contributed by atoms with Crippen molar-refractivity contribution in [3.8, 4) is 0 Å². The zero-order valence-corrected chi connectivity index (χ0v) is 9.97. The predicted octanol–water partition coefficient (Wildman–Crippen LogP) is 2.63. The summed E-state index contributed by atoms with van der Waals surface area (Å²) in [6, 6.07) is 7.94. The lowest BCUT2D eigenvalue weighted by atomic mass is 10.1. The Morgan fingerprint density at radius 3 is 2.88 bits per heavy atom. The van der Waals surface area contributed by atoms with Crippen LogP contribution in [0.2, 0.25) is 0 Å². The first-order valence-electron chi connectivity index (χ1n) is 5.92. The average molecular weight is 231 g/mol. The van der Waals surface area contributed by atoms with E-state index in [1.54, 1.807) is 6.08 Å². The average Bonchev–Trinajstić information content (AvgIpc) is 2.73. The lowest BCUT2D eigenvalue weighted by molar-refractivity contribution is -0.131. The maximum absolute atomic E-state index is 10.6. The van der Waals surface area contributed by atoms with Gasteiger partial charge in [0.05, 0.1) is 0 Å². The van der Waals surface area contributed by atoms with E-state index in [4.69, 9.17) is 5.11 Å². The Morgan fingerprint density at radius 1 is 1.47 bits per heavy atom. The van der Waals surface area contributed by atoms with E-state index in [1.807, 2.05) is 18.2 Å². The maximum Gasteiger partial charge on any atom is 0.328 e. The molecule has 1 aromatic carbocycles. The molecule has 2 rings (SSSR count). The highest BCUT2D eigenvalue weighted by atomic mass is 16.4. The molecule has 0 bridgehead atoms. The van der Waals surface area contributed by atoms with Gasteiger partial charge in [-0.05, 0) is 30.0 Å². The van der Waals surface area contributed by atoms with E-state index in [0.29, 0.717) is 5.92 Å². The molecular formula is C14H17NO2. The zero-order valence-electron chi connectivity index (χ0n) is 9.97. The number of aliphatic carboxylic acids is 1. The van der Waals surface area contributed by atoms with E-state index in [1.165, 1.54) is 12.5 Å². The molecule has 1 aliphatic heterocycles. The molecule has 1 fully saturated rings. The summed E-state index contributed by atoms with van der Waals surface area (Å²) in [5.74, 6) is -0.193. The first kappa shape index (κ1) is 11.7. The van der Waals surface area contributed by atoms with Gasteiger partial charge in [-0.25, -0.2) is 4.79 Å². The number of carboxylic acids is 1. The van der Waals surface area contributed by atoms with Crippen LogP contribution in [0.4, 0.5) is 5.69 Å². The van der Waals surface area contributed by atoms with Crippen molar-refractivity contribution in [3.63, 3.8) is 0 Å². The van der Waals surface area contributed by atoms with Crippen LogP contribution in [-0.2, 0) is 4.79 Å². The highest BCUT2D eigenvalue weighted by Gasteiger charge is 2.19. The van der Waals surface area contributed by atoms with Crippen LogP contribution < -0.4 is 4.90 Å². The van der Waals surface area contributed by atoms with Gasteiger partial charge < -0.3 is 10.0 Å². The van der Waals surface area contributed by atoms with Gasteiger partial charge in [0.1, 0.15) is 0 Å². The van der Waals surface area contributed by atoms with Gasteiger partial charge in [0, 0.05) is 24.9 Å². The summed E-state index contributed by atoms with van der Waals surface area (Å²) in [6.07, 6.45) is 4.07. The fourth-order valence-corrected chi connectivity index (χ4v) is 2.23. The summed E-state index contributed by atoms with van der Waals surface area (Å²) in [7, 11) is 0. The Bertz CT molecular complexity index is 440. The Morgan fingerprint density at radius 2 is 2.24 bits per heavy atom. The van der Waals surface area contributed by atoms with Crippen LogP contribution in [0.5, 0.6) is 0 Å². The van der Waals surface area contributed by atoms with Gasteiger partial charge in [0.2, 0.25) is 0 Å². The predicted molar refractivity (Wildman–Crippen MR) is 69.1 cm³/mol. The smallest absolute Gasteiger partial charge is 0.328 e. The molecule has 0 saturated carbocycles. The van der Waals surface area contributed by atoms with E-state index in [2.05, 4.69) is 17.9 Å². The molecule has 1 unspecified atom stereocenters. The van der Waals surface area contributed by atoms with Gasteiger partial charge in [-0.15, -0.1) is 0 Å². The molecule has 0 radical (unpaired) electrons. The molecule has 1 saturated heterocycles. The Hall–Kier alpha value is -1.77. The fraction of sp³-hybridized carbons (Fsp3) is 0.357. The first-order valence-corrected chi connectivity index (χ1v) is 5.92. The fourth-order valence-electron chi connectivity index (χ4n) is 2.23. The van der Waals surface area contributed by atoms with E-state index in [9.17, 15) is 4.79 Å². The number of nitrogens with zero attached hydrogens (tertiary/aromatic N) is 1. The van der Waals surface area contributed by atoms with Gasteiger partial charge in [0.15, 0.2) is 0 Å². The van der Waals surface area contributed by atoms with E-state index in [-0.39, 0.29) is 0 Å². The minimum atomic E-state index is -0.908. The molecule has 0 aromatic heterocycles. The first-order chi connectivity index (χ1) is 8.16. The third-order valence-electron chi connectivity index (χ3n) is 3.11. The standard InChI is InChI=1S/C14H17NO2/c1-11-8-9-15(10-11)13-5-3-2-4-12(13)6-7-14(16)17/h2-7,11H,8-10H2,1H3,(H,16,17)/b7-6+. The minimum Gasteiger partial charge on any atom is -0.478 e. The molecule has 3 nitrogen and oxygen atoms in total. The number of hydrogen-bond acceptors (Lipinski definition) is 2. The Labute approximate surface area is 101 Å². The van der Waals surface area contributed by atoms with Gasteiger partial charge >= 0.3 is 5.97 Å². The monoisotopic (exact) mass is 231 g/mol. The molecule has 1 aliphatic rings. The molecular weight excluding hydrogens is 214 g/mol. The largest absolute Gasteiger partial charge is 0.478 e. The van der Waals surface area contributed by atoms with Crippen molar-refractivity contribution in [1.29, 1.82) is 0 Å². The van der Waals surface area contributed by atoms with Crippen LogP contribution >= 0.6 is 0 Å². The van der Waals surface area contributed by atoms with Crippen molar-refractivity contribution in [2.75, 3.05) is 18.0 Å².